The van der Waals surface area contributed by atoms with Gasteiger partial charge in [-0.15, -0.1) is 11.8 Å². The van der Waals surface area contributed by atoms with E-state index in [0.717, 1.165) is 10.6 Å². The molecule has 0 unspecified atom stereocenters. The van der Waals surface area contributed by atoms with Gasteiger partial charge in [-0.25, -0.2) is 0 Å². The summed E-state index contributed by atoms with van der Waals surface area (Å²) >= 11 is 1.61. The van der Waals surface area contributed by atoms with Crippen molar-refractivity contribution >= 4 is 34.8 Å². The molecule has 0 radical (unpaired) electrons. The van der Waals surface area contributed by atoms with Gasteiger partial charge in [-0.2, -0.15) is 0 Å². The number of thioether (sulfide) groups is 1. The number of anilines is 1. The molecule has 1 heterocycles. The highest BCUT2D eigenvalue weighted by molar-refractivity contribution is 7.98. The number of benzene rings is 2. The summed E-state index contributed by atoms with van der Waals surface area (Å²) in [6.45, 7) is 2.07. The first-order valence-electron chi connectivity index (χ1n) is 6.62. The molecule has 3 nitrogen and oxygen atoms in total. The topological polar surface area (TPSA) is 44.9 Å². The number of carbonyl (C=O) groups excluding carboxylic acids is 1. The van der Waals surface area contributed by atoms with Crippen LogP contribution in [-0.2, 0) is 4.79 Å². The number of para-hydroxylation sites is 2. The van der Waals surface area contributed by atoms with E-state index in [2.05, 4.69) is 41.5 Å². The maximum absolute atomic E-state index is 10.1. The lowest BCUT2D eigenvalue weighted by Crippen LogP contribution is -1.94. The van der Waals surface area contributed by atoms with Crippen LogP contribution in [0.25, 0.3) is 10.9 Å². The third kappa shape index (κ3) is 4.13. The molecule has 1 aromatic heterocycles. The Labute approximate surface area is 128 Å². The third-order valence-electron chi connectivity index (χ3n) is 2.99. The molecule has 21 heavy (non-hydrogen) atoms. The molecule has 0 aliphatic rings. The Morgan fingerprint density at radius 2 is 1.81 bits per heavy atom. The summed E-state index contributed by atoms with van der Waals surface area (Å²) in [5.41, 5.74) is 3.32. The van der Waals surface area contributed by atoms with Crippen LogP contribution in [0.3, 0.4) is 0 Å². The highest BCUT2D eigenvalue weighted by Gasteiger charge is 1.96. The molecule has 2 N–H and O–H groups in total. The molecular weight excluding hydrogens is 280 g/mol. The number of carbonyl (C=O) groups is 1. The summed E-state index contributed by atoms with van der Waals surface area (Å²) in [5, 5.41) is 3.92. The number of H-pyrrole nitrogens is 1. The van der Waals surface area contributed by atoms with Crippen LogP contribution in [0, 0.1) is 6.92 Å². The summed E-state index contributed by atoms with van der Waals surface area (Å²) < 4.78 is 0. The number of nitrogens with one attached hydrogen (secondary N) is 2. The summed E-state index contributed by atoms with van der Waals surface area (Å²) in [6, 6.07) is 18.1. The second kappa shape index (κ2) is 7.55. The first kappa shape index (κ1) is 15.2. The van der Waals surface area contributed by atoms with Gasteiger partial charge in [0.1, 0.15) is 0 Å². The molecule has 2 aromatic carbocycles. The Kier molecular flexibility index (Phi) is 5.46. The molecule has 0 fully saturated rings. The fraction of sp³-hybridized carbons (Fsp3) is 0.118. The number of hydrogen-bond donors (Lipinski definition) is 2. The van der Waals surface area contributed by atoms with Crippen molar-refractivity contribution in [3.05, 3.63) is 60.3 Å². The molecule has 0 saturated heterocycles. The molecule has 0 aliphatic heterocycles. The Bertz CT molecular complexity index is 688. The fourth-order valence-corrected chi connectivity index (χ4v) is 2.61. The molecule has 108 valence electrons. The normalized spacial score (nSPS) is 9.81. The van der Waals surface area contributed by atoms with E-state index in [1.807, 2.05) is 36.6 Å². The average molecular weight is 298 g/mol. The van der Waals surface area contributed by atoms with Crippen molar-refractivity contribution in [3.63, 3.8) is 0 Å². The van der Waals surface area contributed by atoms with Gasteiger partial charge in [-0.05, 0) is 42.8 Å². The molecule has 3 aromatic rings. The van der Waals surface area contributed by atoms with E-state index in [9.17, 15) is 4.79 Å². The molecule has 0 atom stereocenters. The van der Waals surface area contributed by atoms with E-state index >= 15 is 0 Å². The number of aryl methyl sites for hydroxylation is 1. The molecule has 3 rings (SSSR count). The highest BCUT2D eigenvalue weighted by Crippen LogP contribution is 2.23. The van der Waals surface area contributed by atoms with Gasteiger partial charge in [0.25, 0.3) is 0 Å². The standard InChI is InChI=1S/C9H9N.C8H9NOS/c1-7-6-8-4-2-3-5-9(8)10-7;1-11-8-5-3-2-4-7(8)9-6-10/h2-6,10H,1H3;2-6H,1H3,(H,9,10). The van der Waals surface area contributed by atoms with Crippen LogP contribution in [0.4, 0.5) is 5.69 Å². The maximum Gasteiger partial charge on any atom is 0.211 e. The highest BCUT2D eigenvalue weighted by atomic mass is 32.2. The molecule has 0 aliphatic carbocycles. The predicted octanol–water partition coefficient (Wildman–Crippen LogP) is 4.45. The Morgan fingerprint density at radius 1 is 1.10 bits per heavy atom. The first-order chi connectivity index (χ1) is 10.2. The van der Waals surface area contributed by atoms with Crippen LogP contribution >= 0.6 is 11.8 Å². The van der Waals surface area contributed by atoms with Gasteiger partial charge in [0, 0.05) is 16.1 Å². The minimum Gasteiger partial charge on any atom is -0.359 e. The lowest BCUT2D eigenvalue weighted by Gasteiger charge is -2.03. The lowest BCUT2D eigenvalue weighted by atomic mass is 10.2. The van der Waals surface area contributed by atoms with E-state index in [1.54, 1.807) is 11.8 Å². The van der Waals surface area contributed by atoms with Crippen LogP contribution in [0.15, 0.2) is 59.5 Å². The number of aromatic nitrogens is 1. The van der Waals surface area contributed by atoms with Crippen LogP contribution in [-0.4, -0.2) is 17.6 Å². The Hall–Kier alpha value is -2.20. The van der Waals surface area contributed by atoms with E-state index in [0.29, 0.717) is 6.41 Å². The summed E-state index contributed by atoms with van der Waals surface area (Å²) in [4.78, 5) is 14.5. The number of hydrogen-bond acceptors (Lipinski definition) is 2. The van der Waals surface area contributed by atoms with E-state index in [4.69, 9.17) is 0 Å². The van der Waals surface area contributed by atoms with Gasteiger partial charge in [0.2, 0.25) is 6.41 Å². The minimum absolute atomic E-state index is 0.690. The van der Waals surface area contributed by atoms with Crippen molar-refractivity contribution in [2.75, 3.05) is 11.6 Å². The van der Waals surface area contributed by atoms with E-state index in [1.165, 1.54) is 16.6 Å². The average Bonchev–Trinajstić information content (AvgIpc) is 2.89. The van der Waals surface area contributed by atoms with Crippen molar-refractivity contribution in [3.8, 4) is 0 Å². The minimum atomic E-state index is 0.690. The smallest absolute Gasteiger partial charge is 0.211 e. The molecule has 1 amide bonds. The van der Waals surface area contributed by atoms with Crippen molar-refractivity contribution in [1.29, 1.82) is 0 Å². The summed E-state index contributed by atoms with van der Waals surface area (Å²) in [5.74, 6) is 0. The Morgan fingerprint density at radius 3 is 2.52 bits per heavy atom. The molecule has 4 heteroatoms. The summed E-state index contributed by atoms with van der Waals surface area (Å²) in [6.07, 6.45) is 2.67. The van der Waals surface area contributed by atoms with Gasteiger partial charge in [0.15, 0.2) is 0 Å². The fourth-order valence-electron chi connectivity index (χ4n) is 2.05. The van der Waals surface area contributed by atoms with Gasteiger partial charge in [-0.3, -0.25) is 4.79 Å². The van der Waals surface area contributed by atoms with Gasteiger partial charge < -0.3 is 10.3 Å². The SMILES string of the molecule is CSc1ccccc1NC=O.Cc1cc2ccccc2[nH]1. The summed E-state index contributed by atoms with van der Waals surface area (Å²) in [7, 11) is 0. The largest absolute Gasteiger partial charge is 0.359 e. The predicted molar refractivity (Wildman–Crippen MR) is 90.9 cm³/mol. The van der Waals surface area contributed by atoms with Crippen molar-refractivity contribution in [2.24, 2.45) is 0 Å². The van der Waals surface area contributed by atoms with E-state index < -0.39 is 0 Å². The second-order valence-electron chi connectivity index (χ2n) is 4.50. The monoisotopic (exact) mass is 298 g/mol. The quantitative estimate of drug-likeness (QED) is 0.554. The van der Waals surface area contributed by atoms with Gasteiger partial charge in [0.05, 0.1) is 5.69 Å². The van der Waals surface area contributed by atoms with Crippen LogP contribution < -0.4 is 5.32 Å². The first-order valence-corrected chi connectivity index (χ1v) is 7.84. The van der Waals surface area contributed by atoms with Gasteiger partial charge >= 0.3 is 0 Å². The van der Waals surface area contributed by atoms with Crippen LogP contribution in [0.5, 0.6) is 0 Å². The Balaban J connectivity index is 0.000000154. The van der Waals surface area contributed by atoms with E-state index in [-0.39, 0.29) is 0 Å². The zero-order valence-electron chi connectivity index (χ0n) is 12.1. The third-order valence-corrected chi connectivity index (χ3v) is 3.78. The van der Waals surface area contributed by atoms with Crippen LogP contribution in [0.2, 0.25) is 0 Å². The molecule has 0 saturated carbocycles. The zero-order chi connectivity index (χ0) is 15.1. The number of rotatable bonds is 3. The molecule has 0 spiro atoms. The zero-order valence-corrected chi connectivity index (χ0v) is 12.9. The lowest BCUT2D eigenvalue weighted by molar-refractivity contribution is -0.105. The van der Waals surface area contributed by atoms with Crippen molar-refractivity contribution in [2.45, 2.75) is 11.8 Å². The van der Waals surface area contributed by atoms with Gasteiger partial charge in [-0.1, -0.05) is 30.3 Å². The number of amides is 1. The van der Waals surface area contributed by atoms with Crippen LogP contribution in [0.1, 0.15) is 5.69 Å². The van der Waals surface area contributed by atoms with Crippen molar-refractivity contribution < 1.29 is 4.79 Å². The number of aromatic amines is 1. The molecule has 0 bridgehead atoms. The van der Waals surface area contributed by atoms with Crippen molar-refractivity contribution in [1.82, 2.24) is 4.98 Å². The molecular formula is C17H18N2OS. The number of fused-ring (bicyclic) bond motifs is 1. The maximum atomic E-state index is 10.1. The second-order valence-corrected chi connectivity index (χ2v) is 5.35.